The lowest BCUT2D eigenvalue weighted by Crippen LogP contribution is -1.99. The Morgan fingerprint density at radius 1 is 1.00 bits per heavy atom. The first-order valence-electron chi connectivity index (χ1n) is 7.19. The summed E-state index contributed by atoms with van der Waals surface area (Å²) in [7, 11) is 0. The Morgan fingerprint density at radius 2 is 1.63 bits per heavy atom. The van der Waals surface area contributed by atoms with Gasteiger partial charge in [0.15, 0.2) is 0 Å². The van der Waals surface area contributed by atoms with E-state index in [4.69, 9.17) is 4.74 Å². The molecule has 0 fully saturated rings. The van der Waals surface area contributed by atoms with Gasteiger partial charge in [-0.05, 0) is 31.4 Å². The van der Waals surface area contributed by atoms with E-state index in [9.17, 15) is 4.39 Å². The highest BCUT2D eigenvalue weighted by molar-refractivity contribution is 9.09. The molecule has 0 spiro atoms. The van der Waals surface area contributed by atoms with Crippen LogP contribution in [0.2, 0.25) is 0 Å². The van der Waals surface area contributed by atoms with Crippen LogP contribution in [0, 0.1) is 12.7 Å². The number of alkyl halides is 1. The highest BCUT2D eigenvalue weighted by Crippen LogP contribution is 2.19. The van der Waals surface area contributed by atoms with Crippen LogP contribution >= 0.6 is 15.9 Å². The van der Waals surface area contributed by atoms with Crippen molar-refractivity contribution in [1.29, 1.82) is 0 Å². The number of halogens is 2. The van der Waals surface area contributed by atoms with Gasteiger partial charge in [-0.3, -0.25) is 0 Å². The first-order chi connectivity index (χ1) is 9.24. The van der Waals surface area contributed by atoms with Crippen LogP contribution in [0.5, 0.6) is 5.75 Å². The molecular formula is C16H24BrFO. The first-order valence-corrected chi connectivity index (χ1v) is 8.31. The number of benzene rings is 1. The summed E-state index contributed by atoms with van der Waals surface area (Å²) in [6.07, 6.45) is 8.76. The van der Waals surface area contributed by atoms with Crippen molar-refractivity contribution in [3.63, 3.8) is 0 Å². The average Bonchev–Trinajstić information content (AvgIpc) is 2.40. The SMILES string of the molecule is Cc1ccc(F)cc1OCCCCCCCCCBr. The molecule has 1 rings (SSSR count). The van der Waals surface area contributed by atoms with Gasteiger partial charge >= 0.3 is 0 Å². The minimum atomic E-state index is -0.229. The number of rotatable bonds is 10. The van der Waals surface area contributed by atoms with Crippen molar-refractivity contribution in [1.82, 2.24) is 0 Å². The van der Waals surface area contributed by atoms with Gasteiger partial charge in [0.2, 0.25) is 0 Å². The quantitative estimate of drug-likeness (QED) is 0.398. The van der Waals surface area contributed by atoms with Gasteiger partial charge in [-0.25, -0.2) is 4.39 Å². The predicted molar refractivity (Wildman–Crippen MR) is 82.7 cm³/mol. The maximum atomic E-state index is 13.0. The third-order valence-corrected chi connectivity index (χ3v) is 3.75. The molecule has 0 aliphatic rings. The molecule has 0 amide bonds. The van der Waals surface area contributed by atoms with Gasteiger partial charge in [-0.1, -0.05) is 54.1 Å². The van der Waals surface area contributed by atoms with Gasteiger partial charge in [-0.15, -0.1) is 0 Å². The monoisotopic (exact) mass is 330 g/mol. The van der Waals surface area contributed by atoms with Crippen LogP contribution in [0.25, 0.3) is 0 Å². The van der Waals surface area contributed by atoms with Gasteiger partial charge in [0.25, 0.3) is 0 Å². The van der Waals surface area contributed by atoms with E-state index < -0.39 is 0 Å². The Labute approximate surface area is 124 Å². The van der Waals surface area contributed by atoms with Crippen molar-refractivity contribution in [2.24, 2.45) is 0 Å². The molecule has 1 aromatic rings. The lowest BCUT2D eigenvalue weighted by atomic mass is 10.1. The Balaban J connectivity index is 2.03. The van der Waals surface area contributed by atoms with Crippen molar-refractivity contribution in [3.8, 4) is 5.75 Å². The van der Waals surface area contributed by atoms with Crippen molar-refractivity contribution in [3.05, 3.63) is 29.6 Å². The molecule has 0 N–H and O–H groups in total. The Hall–Kier alpha value is -0.570. The van der Waals surface area contributed by atoms with E-state index in [0.717, 1.165) is 17.3 Å². The molecule has 0 radical (unpaired) electrons. The third-order valence-electron chi connectivity index (χ3n) is 3.19. The van der Waals surface area contributed by atoms with Crippen molar-refractivity contribution in [2.75, 3.05) is 11.9 Å². The molecule has 108 valence electrons. The molecule has 0 bridgehead atoms. The van der Waals surface area contributed by atoms with Crippen molar-refractivity contribution >= 4 is 15.9 Å². The van der Waals surface area contributed by atoms with Crippen molar-refractivity contribution < 1.29 is 9.13 Å². The van der Waals surface area contributed by atoms with E-state index in [1.165, 1.54) is 50.7 Å². The van der Waals surface area contributed by atoms with Crippen LogP contribution in [-0.4, -0.2) is 11.9 Å². The number of hydrogen-bond acceptors (Lipinski definition) is 1. The molecule has 1 aromatic carbocycles. The standard InChI is InChI=1S/C16H24BrFO/c1-14-9-10-15(18)13-16(14)19-12-8-6-4-2-3-5-7-11-17/h9-10,13H,2-8,11-12H2,1H3. The highest BCUT2D eigenvalue weighted by atomic mass is 79.9. The van der Waals surface area contributed by atoms with E-state index >= 15 is 0 Å². The van der Waals surface area contributed by atoms with Crippen LogP contribution in [0.4, 0.5) is 4.39 Å². The second-order valence-corrected chi connectivity index (χ2v) is 5.72. The highest BCUT2D eigenvalue weighted by Gasteiger charge is 2.01. The van der Waals surface area contributed by atoms with E-state index in [0.29, 0.717) is 12.4 Å². The largest absolute Gasteiger partial charge is 0.493 e. The van der Waals surface area contributed by atoms with Crippen LogP contribution < -0.4 is 4.74 Å². The van der Waals surface area contributed by atoms with Crippen LogP contribution in [0.15, 0.2) is 18.2 Å². The van der Waals surface area contributed by atoms with E-state index in [1.54, 1.807) is 6.07 Å². The Morgan fingerprint density at radius 3 is 2.32 bits per heavy atom. The fourth-order valence-electron chi connectivity index (χ4n) is 1.99. The molecule has 0 unspecified atom stereocenters. The topological polar surface area (TPSA) is 9.23 Å². The third kappa shape index (κ3) is 7.56. The molecule has 1 nitrogen and oxygen atoms in total. The smallest absolute Gasteiger partial charge is 0.126 e. The molecule has 0 saturated heterocycles. The zero-order valence-corrected chi connectivity index (χ0v) is 13.3. The molecule has 19 heavy (non-hydrogen) atoms. The predicted octanol–water partition coefficient (Wildman–Crippen LogP) is 5.64. The molecular weight excluding hydrogens is 307 g/mol. The molecule has 0 aliphatic heterocycles. The Kier molecular flexibility index (Phi) is 8.89. The van der Waals surface area contributed by atoms with Crippen LogP contribution in [-0.2, 0) is 0 Å². The lowest BCUT2D eigenvalue weighted by molar-refractivity contribution is 0.301. The number of aryl methyl sites for hydroxylation is 1. The van der Waals surface area contributed by atoms with Gasteiger partial charge < -0.3 is 4.74 Å². The molecule has 0 aromatic heterocycles. The normalized spacial score (nSPS) is 10.7. The summed E-state index contributed by atoms with van der Waals surface area (Å²) in [6, 6.07) is 4.69. The second kappa shape index (κ2) is 10.2. The summed E-state index contributed by atoms with van der Waals surface area (Å²) >= 11 is 3.44. The van der Waals surface area contributed by atoms with Crippen molar-refractivity contribution in [2.45, 2.75) is 51.9 Å². The Bertz CT molecular complexity index is 355. The molecule has 0 heterocycles. The van der Waals surface area contributed by atoms with E-state index in [-0.39, 0.29) is 5.82 Å². The molecule has 0 atom stereocenters. The van der Waals surface area contributed by atoms with Crippen LogP contribution in [0.3, 0.4) is 0 Å². The summed E-state index contributed by atoms with van der Waals surface area (Å²) < 4.78 is 18.7. The number of hydrogen-bond donors (Lipinski definition) is 0. The summed E-state index contributed by atoms with van der Waals surface area (Å²) in [6.45, 7) is 2.63. The summed E-state index contributed by atoms with van der Waals surface area (Å²) in [4.78, 5) is 0. The van der Waals surface area contributed by atoms with E-state index in [1.807, 2.05) is 6.92 Å². The second-order valence-electron chi connectivity index (χ2n) is 4.92. The zero-order valence-electron chi connectivity index (χ0n) is 11.8. The van der Waals surface area contributed by atoms with Gasteiger partial charge in [0, 0.05) is 11.4 Å². The lowest BCUT2D eigenvalue weighted by Gasteiger charge is -2.09. The van der Waals surface area contributed by atoms with Gasteiger partial charge in [0.1, 0.15) is 11.6 Å². The summed E-state index contributed by atoms with van der Waals surface area (Å²) in [5.41, 5.74) is 0.996. The zero-order chi connectivity index (χ0) is 13.9. The first kappa shape index (κ1) is 16.5. The fraction of sp³-hybridized carbons (Fsp3) is 0.625. The maximum absolute atomic E-state index is 13.0. The molecule has 3 heteroatoms. The number of unbranched alkanes of at least 4 members (excludes halogenated alkanes) is 6. The van der Waals surface area contributed by atoms with Crippen LogP contribution in [0.1, 0.15) is 50.5 Å². The molecule has 0 aliphatic carbocycles. The minimum Gasteiger partial charge on any atom is -0.493 e. The van der Waals surface area contributed by atoms with Gasteiger partial charge in [-0.2, -0.15) is 0 Å². The average molecular weight is 331 g/mol. The summed E-state index contributed by atoms with van der Waals surface area (Å²) in [5, 5.41) is 1.12. The fourth-order valence-corrected chi connectivity index (χ4v) is 2.39. The summed E-state index contributed by atoms with van der Waals surface area (Å²) in [5.74, 6) is 0.449. The van der Waals surface area contributed by atoms with Gasteiger partial charge in [0.05, 0.1) is 6.61 Å². The number of ether oxygens (including phenoxy) is 1. The minimum absolute atomic E-state index is 0.229. The maximum Gasteiger partial charge on any atom is 0.126 e. The van der Waals surface area contributed by atoms with E-state index in [2.05, 4.69) is 15.9 Å². The molecule has 0 saturated carbocycles.